The van der Waals surface area contributed by atoms with Crippen LogP contribution >= 0.6 is 0 Å². The van der Waals surface area contributed by atoms with Gasteiger partial charge in [-0.2, -0.15) is 0 Å². The Hall–Kier alpha value is -3.35. The van der Waals surface area contributed by atoms with E-state index in [2.05, 4.69) is 12.2 Å². The molecule has 2 heterocycles. The summed E-state index contributed by atoms with van der Waals surface area (Å²) in [6.07, 6.45) is 1.94. The van der Waals surface area contributed by atoms with Crippen LogP contribution in [0.1, 0.15) is 30.1 Å². The maximum Gasteiger partial charge on any atom is 0.420 e. The Labute approximate surface area is 167 Å². The van der Waals surface area contributed by atoms with Gasteiger partial charge < -0.3 is 14.6 Å². The second kappa shape index (κ2) is 7.95. The number of likely N-dealkylation sites (tertiary alicyclic amines) is 1. The van der Waals surface area contributed by atoms with Crippen LogP contribution in [0, 0.1) is 5.92 Å². The van der Waals surface area contributed by atoms with Gasteiger partial charge in [0.1, 0.15) is 6.54 Å². The number of carbonyl (C=O) groups excluding carboxylic acids is 2. The second-order valence-corrected chi connectivity index (χ2v) is 7.52. The predicted molar refractivity (Wildman–Crippen MR) is 110 cm³/mol. The molecule has 0 atom stereocenters. The fraction of sp³-hybridized carbons (Fsp3) is 0.318. The summed E-state index contributed by atoms with van der Waals surface area (Å²) >= 11 is 0. The topological polar surface area (TPSA) is 84.6 Å². The van der Waals surface area contributed by atoms with Gasteiger partial charge in [0.05, 0.1) is 5.52 Å². The predicted octanol–water partition coefficient (Wildman–Crippen LogP) is 3.11. The van der Waals surface area contributed by atoms with E-state index in [0.29, 0.717) is 41.4 Å². The molecule has 1 aromatic heterocycles. The number of hydrogen-bond donors (Lipinski definition) is 1. The van der Waals surface area contributed by atoms with Crippen LogP contribution in [0.4, 0.5) is 5.69 Å². The van der Waals surface area contributed by atoms with Crippen molar-refractivity contribution in [1.29, 1.82) is 0 Å². The largest absolute Gasteiger partial charge is 0.420 e. The first kappa shape index (κ1) is 19.0. The molecule has 3 aromatic rings. The molecule has 1 aliphatic rings. The summed E-state index contributed by atoms with van der Waals surface area (Å²) in [4.78, 5) is 39.3. The number of nitrogens with zero attached hydrogens (tertiary/aromatic N) is 2. The van der Waals surface area contributed by atoms with E-state index in [-0.39, 0.29) is 18.4 Å². The first-order valence-electron chi connectivity index (χ1n) is 9.79. The number of rotatable bonds is 4. The Balaban J connectivity index is 1.57. The van der Waals surface area contributed by atoms with Crippen molar-refractivity contribution >= 4 is 28.6 Å². The molecule has 0 saturated carbocycles. The molecule has 4 rings (SSSR count). The third-order valence-electron chi connectivity index (χ3n) is 5.39. The normalized spacial score (nSPS) is 14.9. The monoisotopic (exact) mass is 393 g/mol. The van der Waals surface area contributed by atoms with Gasteiger partial charge in [-0.15, -0.1) is 0 Å². The first-order valence-corrected chi connectivity index (χ1v) is 9.79. The van der Waals surface area contributed by atoms with E-state index in [1.54, 1.807) is 35.2 Å². The molecule has 1 saturated heterocycles. The SMILES string of the molecule is CC1CCN(C(=O)Cn2c(=O)oc3ccc(C(=O)Nc4ccccc4)cc32)CC1. The van der Waals surface area contributed by atoms with Crippen LogP contribution in [0.5, 0.6) is 0 Å². The molecule has 0 aliphatic carbocycles. The molecule has 7 nitrogen and oxygen atoms in total. The highest BCUT2D eigenvalue weighted by Crippen LogP contribution is 2.19. The van der Waals surface area contributed by atoms with Crippen molar-refractivity contribution in [2.45, 2.75) is 26.3 Å². The van der Waals surface area contributed by atoms with Crippen LogP contribution in [0.25, 0.3) is 11.1 Å². The van der Waals surface area contributed by atoms with Crippen molar-refractivity contribution in [3.8, 4) is 0 Å². The van der Waals surface area contributed by atoms with Crippen molar-refractivity contribution < 1.29 is 14.0 Å². The van der Waals surface area contributed by atoms with Crippen LogP contribution < -0.4 is 11.1 Å². The van der Waals surface area contributed by atoms with Crippen molar-refractivity contribution in [2.75, 3.05) is 18.4 Å². The Morgan fingerprint density at radius 3 is 2.55 bits per heavy atom. The quantitative estimate of drug-likeness (QED) is 0.738. The number of amides is 2. The van der Waals surface area contributed by atoms with Gasteiger partial charge in [-0.25, -0.2) is 4.79 Å². The van der Waals surface area contributed by atoms with E-state index in [1.807, 2.05) is 18.2 Å². The molecule has 0 spiro atoms. The summed E-state index contributed by atoms with van der Waals surface area (Å²) in [7, 11) is 0. The number of oxazole rings is 1. The Bertz CT molecular complexity index is 1090. The zero-order valence-corrected chi connectivity index (χ0v) is 16.3. The lowest BCUT2D eigenvalue weighted by Crippen LogP contribution is -2.40. The van der Waals surface area contributed by atoms with Crippen LogP contribution in [-0.2, 0) is 11.3 Å². The van der Waals surface area contributed by atoms with Crippen molar-refractivity contribution in [1.82, 2.24) is 9.47 Å². The van der Waals surface area contributed by atoms with Crippen LogP contribution in [-0.4, -0.2) is 34.4 Å². The smallest absolute Gasteiger partial charge is 0.408 e. The Morgan fingerprint density at radius 1 is 1.10 bits per heavy atom. The van der Waals surface area contributed by atoms with E-state index in [1.165, 1.54) is 4.57 Å². The molecule has 2 amide bonds. The summed E-state index contributed by atoms with van der Waals surface area (Å²) in [6, 6.07) is 13.9. The Morgan fingerprint density at radius 2 is 1.83 bits per heavy atom. The van der Waals surface area contributed by atoms with E-state index in [0.717, 1.165) is 12.8 Å². The van der Waals surface area contributed by atoms with Gasteiger partial charge in [0.15, 0.2) is 5.58 Å². The zero-order valence-electron chi connectivity index (χ0n) is 16.3. The number of piperidine rings is 1. The molecule has 7 heteroatoms. The minimum absolute atomic E-state index is 0.0933. The molecule has 2 aromatic carbocycles. The summed E-state index contributed by atoms with van der Waals surface area (Å²) in [5.74, 6) is -0.392. The highest BCUT2D eigenvalue weighted by atomic mass is 16.4. The van der Waals surface area contributed by atoms with Gasteiger partial charge in [0, 0.05) is 24.3 Å². The summed E-state index contributed by atoms with van der Waals surface area (Å²) in [5.41, 5.74) is 1.85. The number of carbonyl (C=O) groups is 2. The highest BCUT2D eigenvalue weighted by molar-refractivity contribution is 6.05. The van der Waals surface area contributed by atoms with Crippen LogP contribution in [0.2, 0.25) is 0 Å². The fourth-order valence-corrected chi connectivity index (χ4v) is 3.57. The summed E-state index contributed by atoms with van der Waals surface area (Å²) in [5, 5.41) is 2.81. The molecule has 29 heavy (non-hydrogen) atoms. The molecule has 0 unspecified atom stereocenters. The van der Waals surface area contributed by atoms with E-state index >= 15 is 0 Å². The van der Waals surface area contributed by atoms with Crippen LogP contribution in [0.3, 0.4) is 0 Å². The molecule has 0 radical (unpaired) electrons. The lowest BCUT2D eigenvalue weighted by atomic mass is 9.99. The van der Waals surface area contributed by atoms with Gasteiger partial charge in [0.2, 0.25) is 5.91 Å². The minimum Gasteiger partial charge on any atom is -0.408 e. The third-order valence-corrected chi connectivity index (χ3v) is 5.39. The number of benzene rings is 2. The average molecular weight is 393 g/mol. The number of hydrogen-bond acceptors (Lipinski definition) is 4. The molecular weight excluding hydrogens is 370 g/mol. The number of anilines is 1. The lowest BCUT2D eigenvalue weighted by Gasteiger charge is -2.30. The van der Waals surface area contributed by atoms with Gasteiger partial charge in [-0.3, -0.25) is 14.2 Å². The standard InChI is InChI=1S/C22H23N3O4/c1-15-9-11-24(12-10-15)20(26)14-25-18-13-16(7-8-19(18)29-22(25)28)21(27)23-17-5-3-2-4-6-17/h2-8,13,15H,9-12,14H2,1H3,(H,23,27). The summed E-state index contributed by atoms with van der Waals surface area (Å²) in [6.45, 7) is 3.49. The maximum absolute atomic E-state index is 12.7. The van der Waals surface area contributed by atoms with Gasteiger partial charge in [-0.05, 0) is 49.1 Å². The number of fused-ring (bicyclic) bond motifs is 1. The zero-order chi connectivity index (χ0) is 20.4. The van der Waals surface area contributed by atoms with E-state index in [9.17, 15) is 14.4 Å². The summed E-state index contributed by atoms with van der Waals surface area (Å²) < 4.78 is 6.56. The maximum atomic E-state index is 12.7. The minimum atomic E-state index is -0.598. The fourth-order valence-electron chi connectivity index (χ4n) is 3.57. The molecule has 1 fully saturated rings. The Kier molecular flexibility index (Phi) is 5.20. The first-order chi connectivity index (χ1) is 14.0. The van der Waals surface area contributed by atoms with Gasteiger partial charge in [-0.1, -0.05) is 25.1 Å². The number of para-hydroxylation sites is 1. The average Bonchev–Trinajstić information content (AvgIpc) is 3.03. The van der Waals surface area contributed by atoms with E-state index in [4.69, 9.17) is 4.42 Å². The third kappa shape index (κ3) is 4.08. The van der Waals surface area contributed by atoms with Gasteiger partial charge >= 0.3 is 5.76 Å². The van der Waals surface area contributed by atoms with Crippen molar-refractivity contribution in [3.05, 3.63) is 64.6 Å². The highest BCUT2D eigenvalue weighted by Gasteiger charge is 2.22. The number of nitrogens with one attached hydrogen (secondary N) is 1. The molecule has 0 bridgehead atoms. The number of aromatic nitrogens is 1. The molecule has 1 aliphatic heterocycles. The second-order valence-electron chi connectivity index (χ2n) is 7.52. The van der Waals surface area contributed by atoms with Crippen molar-refractivity contribution in [3.63, 3.8) is 0 Å². The van der Waals surface area contributed by atoms with Crippen molar-refractivity contribution in [2.24, 2.45) is 5.92 Å². The van der Waals surface area contributed by atoms with Crippen LogP contribution in [0.15, 0.2) is 57.7 Å². The van der Waals surface area contributed by atoms with E-state index < -0.39 is 5.76 Å². The molecular formula is C22H23N3O4. The lowest BCUT2D eigenvalue weighted by molar-refractivity contribution is -0.133. The van der Waals surface area contributed by atoms with Gasteiger partial charge in [0.25, 0.3) is 5.91 Å². The molecule has 150 valence electrons. The molecule has 1 N–H and O–H groups in total.